The molecule has 0 bridgehead atoms. The molecule has 2 N–H and O–H groups in total. The molecule has 3 rings (SSSR count). The summed E-state index contributed by atoms with van der Waals surface area (Å²) < 4.78 is 36.2. The summed E-state index contributed by atoms with van der Waals surface area (Å²) in [5.74, 6) is -2.22. The Morgan fingerprint density at radius 2 is 1.37 bits per heavy atom. The lowest BCUT2D eigenvalue weighted by molar-refractivity contribution is -0.159. The van der Waals surface area contributed by atoms with E-state index < -0.39 is 46.7 Å². The van der Waals surface area contributed by atoms with Crippen LogP contribution in [0.4, 0.5) is 19.7 Å². The van der Waals surface area contributed by atoms with Crippen LogP contribution in [0.15, 0.2) is 65.7 Å². The second-order valence-corrected chi connectivity index (χ2v) is 18.3. The molecule has 0 atom stereocenters. The quantitative estimate of drug-likeness (QED) is 0.0661. The molecule has 0 aromatic heterocycles. The fraction of sp³-hybridized carbons (Fsp3) is 0.455. The summed E-state index contributed by atoms with van der Waals surface area (Å²) in [6, 6.07) is 15.2. The van der Waals surface area contributed by atoms with Crippen molar-refractivity contribution in [2.45, 2.75) is 125 Å². The Labute approximate surface area is 351 Å². The molecule has 3 aromatic carbocycles. The SMILES string of the molecule is CC(C)(C)OC(=O)CN(Cc1cc(F)cc(C(C)(C)C)c1)C(=O)CCc1ccc(OC(=O)c2ccc(N/C(=N\C(=O)OC(C)(C)C)NC(=O)OC(C)(C)C)cc2)cc1Cl. The molecule has 3 aromatic rings. The van der Waals surface area contributed by atoms with Crippen molar-refractivity contribution in [2.75, 3.05) is 11.9 Å². The Morgan fingerprint density at radius 3 is 1.93 bits per heavy atom. The maximum absolute atomic E-state index is 14.6. The largest absolute Gasteiger partial charge is 0.459 e. The Balaban J connectivity index is 1.70. The molecule has 0 spiro atoms. The van der Waals surface area contributed by atoms with Crippen LogP contribution in [0.3, 0.4) is 0 Å². The predicted molar refractivity (Wildman–Crippen MR) is 224 cm³/mol. The molecule has 0 radical (unpaired) electrons. The number of aryl methyl sites for hydroxylation is 1. The van der Waals surface area contributed by atoms with E-state index in [1.165, 1.54) is 47.4 Å². The van der Waals surface area contributed by atoms with Gasteiger partial charge in [-0.15, -0.1) is 4.99 Å². The van der Waals surface area contributed by atoms with Crippen molar-refractivity contribution in [1.82, 2.24) is 10.2 Å². The van der Waals surface area contributed by atoms with Gasteiger partial charge in [0.15, 0.2) is 0 Å². The smallest absolute Gasteiger partial charge is 0.437 e. The van der Waals surface area contributed by atoms with E-state index in [4.69, 9.17) is 30.5 Å². The first-order valence-electron chi connectivity index (χ1n) is 19.0. The van der Waals surface area contributed by atoms with E-state index in [-0.39, 0.29) is 59.5 Å². The summed E-state index contributed by atoms with van der Waals surface area (Å²) in [4.78, 5) is 69.5. The standard InChI is InChI=1S/C44H56ClFN4O9/c1-41(2,3)30-21-27(22-31(46)23-30)25-50(26-36(52)57-42(4,5)6)35(51)20-16-28-15-19-33(24-34(28)45)56-37(53)29-13-17-32(18-14-29)47-38(48-39(54)58-43(7,8)9)49-40(55)59-44(10,11)12/h13-15,17-19,21-24H,16,20,25-26H2,1-12H3,(H2,47,48,49,54,55). The van der Waals surface area contributed by atoms with Crippen LogP contribution in [-0.2, 0) is 42.2 Å². The first kappa shape index (κ1) is 47.9. The van der Waals surface area contributed by atoms with Crippen LogP contribution < -0.4 is 15.4 Å². The molecule has 0 saturated heterocycles. The number of halogens is 2. The first-order valence-corrected chi connectivity index (χ1v) is 19.4. The number of alkyl carbamates (subject to hydrolysis) is 1. The lowest BCUT2D eigenvalue weighted by Crippen LogP contribution is -2.40. The molecule has 15 heteroatoms. The van der Waals surface area contributed by atoms with Gasteiger partial charge in [-0.3, -0.25) is 14.9 Å². The molecule has 0 saturated carbocycles. The number of esters is 2. The number of carbonyl (C=O) groups excluding carboxylic acids is 5. The number of hydrogen-bond donors (Lipinski definition) is 2. The summed E-state index contributed by atoms with van der Waals surface area (Å²) in [5, 5.41) is 5.45. The Hall–Kier alpha value is -5.50. The van der Waals surface area contributed by atoms with Crippen LogP contribution in [-0.4, -0.2) is 64.2 Å². The third-order valence-electron chi connectivity index (χ3n) is 7.73. The van der Waals surface area contributed by atoms with Crippen molar-refractivity contribution in [3.8, 4) is 5.75 Å². The molecular weight excluding hydrogens is 783 g/mol. The van der Waals surface area contributed by atoms with Gasteiger partial charge in [-0.1, -0.05) is 44.5 Å². The Kier molecular flexibility index (Phi) is 15.8. The van der Waals surface area contributed by atoms with Crippen molar-refractivity contribution >= 4 is 53.3 Å². The fourth-order valence-corrected chi connectivity index (χ4v) is 5.47. The minimum absolute atomic E-state index is 0.0115. The molecule has 320 valence electrons. The molecule has 0 aliphatic carbocycles. The van der Waals surface area contributed by atoms with Crippen LogP contribution in [0.25, 0.3) is 0 Å². The summed E-state index contributed by atoms with van der Waals surface area (Å²) in [6.07, 6.45) is -1.65. The fourth-order valence-electron chi connectivity index (χ4n) is 5.21. The molecule has 0 fully saturated rings. The number of benzene rings is 3. The third-order valence-corrected chi connectivity index (χ3v) is 8.08. The van der Waals surface area contributed by atoms with Gasteiger partial charge in [-0.25, -0.2) is 18.8 Å². The maximum atomic E-state index is 14.6. The van der Waals surface area contributed by atoms with Gasteiger partial charge in [0.05, 0.1) is 5.56 Å². The highest BCUT2D eigenvalue weighted by molar-refractivity contribution is 6.31. The number of ether oxygens (including phenoxy) is 4. The first-order chi connectivity index (χ1) is 27.0. The van der Waals surface area contributed by atoms with Gasteiger partial charge < -0.3 is 29.2 Å². The molecule has 59 heavy (non-hydrogen) atoms. The van der Waals surface area contributed by atoms with Gasteiger partial charge in [-0.05, 0) is 139 Å². The van der Waals surface area contributed by atoms with E-state index in [0.717, 1.165) is 5.56 Å². The predicted octanol–water partition coefficient (Wildman–Crippen LogP) is 9.53. The van der Waals surface area contributed by atoms with Crippen LogP contribution in [0, 0.1) is 5.82 Å². The number of rotatable bonds is 10. The zero-order valence-corrected chi connectivity index (χ0v) is 36.7. The number of guanidine groups is 1. The van der Waals surface area contributed by atoms with E-state index in [1.807, 2.05) is 26.8 Å². The topological polar surface area (TPSA) is 162 Å². The lowest BCUT2D eigenvalue weighted by atomic mass is 9.86. The van der Waals surface area contributed by atoms with Crippen molar-refractivity contribution in [3.05, 3.63) is 93.8 Å². The molecule has 0 aliphatic heterocycles. The summed E-state index contributed by atoms with van der Waals surface area (Å²) >= 11 is 6.57. The van der Waals surface area contributed by atoms with E-state index >= 15 is 0 Å². The summed E-state index contributed by atoms with van der Waals surface area (Å²) in [5.41, 5.74) is -0.347. The number of anilines is 1. The Morgan fingerprint density at radius 1 is 0.763 bits per heavy atom. The second-order valence-electron chi connectivity index (χ2n) is 17.8. The van der Waals surface area contributed by atoms with Crippen LogP contribution >= 0.6 is 11.6 Å². The highest BCUT2D eigenvalue weighted by atomic mass is 35.5. The molecular formula is C44H56ClFN4O9. The Bertz CT molecular complexity index is 2040. The number of nitrogens with zero attached hydrogens (tertiary/aromatic N) is 2. The zero-order chi connectivity index (χ0) is 44.5. The maximum Gasteiger partial charge on any atom is 0.437 e. The van der Waals surface area contributed by atoms with Gasteiger partial charge >= 0.3 is 24.1 Å². The van der Waals surface area contributed by atoms with Gasteiger partial charge in [0.2, 0.25) is 11.9 Å². The average molecular weight is 839 g/mol. The highest BCUT2D eigenvalue weighted by Gasteiger charge is 2.25. The number of hydrogen-bond acceptors (Lipinski definition) is 9. The van der Waals surface area contributed by atoms with Crippen molar-refractivity contribution in [3.63, 3.8) is 0 Å². The monoisotopic (exact) mass is 838 g/mol. The number of nitrogens with one attached hydrogen (secondary N) is 2. The van der Waals surface area contributed by atoms with Crippen molar-refractivity contribution in [2.24, 2.45) is 4.99 Å². The zero-order valence-electron chi connectivity index (χ0n) is 35.9. The molecule has 3 amide bonds. The van der Waals surface area contributed by atoms with Gasteiger partial charge in [0.25, 0.3) is 0 Å². The molecule has 13 nitrogen and oxygen atoms in total. The van der Waals surface area contributed by atoms with Crippen molar-refractivity contribution < 1.29 is 47.3 Å². The van der Waals surface area contributed by atoms with E-state index in [0.29, 0.717) is 16.8 Å². The number of amides is 3. The van der Waals surface area contributed by atoms with Gasteiger partial charge in [-0.2, -0.15) is 0 Å². The normalized spacial score (nSPS) is 12.3. The third kappa shape index (κ3) is 17.5. The molecule has 0 unspecified atom stereocenters. The molecule has 0 heterocycles. The van der Waals surface area contributed by atoms with Crippen LogP contribution in [0.1, 0.15) is 117 Å². The average Bonchev–Trinajstić information content (AvgIpc) is 3.04. The number of carbonyl (C=O) groups is 5. The van der Waals surface area contributed by atoms with Gasteiger partial charge in [0.1, 0.15) is 34.9 Å². The number of aliphatic imine (C=N–C) groups is 1. The minimum atomic E-state index is -0.955. The highest BCUT2D eigenvalue weighted by Crippen LogP contribution is 2.27. The van der Waals surface area contributed by atoms with Crippen LogP contribution in [0.5, 0.6) is 5.75 Å². The van der Waals surface area contributed by atoms with E-state index in [2.05, 4.69) is 15.6 Å². The second kappa shape index (κ2) is 19.5. The summed E-state index contributed by atoms with van der Waals surface area (Å²) in [6.45, 7) is 20.8. The van der Waals surface area contributed by atoms with Gasteiger partial charge in [0, 0.05) is 23.7 Å². The van der Waals surface area contributed by atoms with E-state index in [1.54, 1.807) is 74.4 Å². The summed E-state index contributed by atoms with van der Waals surface area (Å²) in [7, 11) is 0. The van der Waals surface area contributed by atoms with E-state index in [9.17, 15) is 28.4 Å². The van der Waals surface area contributed by atoms with Crippen LogP contribution in [0.2, 0.25) is 5.02 Å². The molecule has 0 aliphatic rings. The minimum Gasteiger partial charge on any atom is -0.459 e. The van der Waals surface area contributed by atoms with Crippen molar-refractivity contribution in [1.29, 1.82) is 0 Å². The lowest BCUT2D eigenvalue weighted by Gasteiger charge is -2.26.